The Morgan fingerprint density at radius 1 is 1.33 bits per heavy atom. The molecule has 2 aliphatic carbocycles. The molecule has 0 heterocycles. The Kier molecular flexibility index (Phi) is 1.95. The van der Waals surface area contributed by atoms with Gasteiger partial charge in [-0.2, -0.15) is 0 Å². The van der Waals surface area contributed by atoms with Gasteiger partial charge in [-0.25, -0.2) is 0 Å². The van der Waals surface area contributed by atoms with Crippen LogP contribution in [0.1, 0.15) is 46.0 Å². The van der Waals surface area contributed by atoms with Crippen molar-refractivity contribution in [1.82, 2.24) is 0 Å². The molecule has 2 fully saturated rings. The van der Waals surface area contributed by atoms with Crippen LogP contribution >= 0.6 is 0 Å². The van der Waals surface area contributed by atoms with Gasteiger partial charge in [0.2, 0.25) is 0 Å². The summed E-state index contributed by atoms with van der Waals surface area (Å²) in [5.41, 5.74) is 6.64. The molecule has 70 valence electrons. The van der Waals surface area contributed by atoms with Gasteiger partial charge < -0.3 is 5.73 Å². The summed E-state index contributed by atoms with van der Waals surface area (Å²) in [4.78, 5) is 0. The first kappa shape index (κ1) is 8.55. The molecule has 2 atom stereocenters. The van der Waals surface area contributed by atoms with E-state index in [1.54, 1.807) is 0 Å². The van der Waals surface area contributed by atoms with Gasteiger partial charge in [-0.15, -0.1) is 0 Å². The van der Waals surface area contributed by atoms with Crippen LogP contribution in [0.25, 0.3) is 0 Å². The van der Waals surface area contributed by atoms with Crippen LogP contribution in [0.15, 0.2) is 0 Å². The second-order valence-corrected chi connectivity index (χ2v) is 5.19. The van der Waals surface area contributed by atoms with E-state index in [9.17, 15) is 0 Å². The summed E-state index contributed by atoms with van der Waals surface area (Å²) in [5, 5.41) is 0. The van der Waals surface area contributed by atoms with Crippen molar-refractivity contribution in [3.8, 4) is 0 Å². The molecule has 2 aliphatic rings. The lowest BCUT2D eigenvalue weighted by atomic mass is 9.96. The summed E-state index contributed by atoms with van der Waals surface area (Å²) in [6.07, 6.45) is 6.87. The van der Waals surface area contributed by atoms with Crippen LogP contribution in [-0.4, -0.2) is 5.54 Å². The second kappa shape index (κ2) is 2.73. The van der Waals surface area contributed by atoms with E-state index < -0.39 is 0 Å². The van der Waals surface area contributed by atoms with Crippen LogP contribution < -0.4 is 5.73 Å². The minimum absolute atomic E-state index is 0.294. The van der Waals surface area contributed by atoms with Gasteiger partial charge in [0.15, 0.2) is 0 Å². The van der Waals surface area contributed by atoms with Crippen molar-refractivity contribution in [1.29, 1.82) is 0 Å². The van der Waals surface area contributed by atoms with Gasteiger partial charge in [-0.05, 0) is 43.4 Å². The Balaban J connectivity index is 1.82. The Morgan fingerprint density at radius 2 is 1.92 bits per heavy atom. The van der Waals surface area contributed by atoms with Crippen LogP contribution in [0, 0.1) is 17.8 Å². The summed E-state index contributed by atoms with van der Waals surface area (Å²) >= 11 is 0. The fourth-order valence-electron chi connectivity index (χ4n) is 3.04. The molecule has 0 radical (unpaired) electrons. The highest BCUT2D eigenvalue weighted by atomic mass is 14.9. The first-order valence-corrected chi connectivity index (χ1v) is 5.43. The fourth-order valence-corrected chi connectivity index (χ4v) is 3.04. The third kappa shape index (κ3) is 1.19. The summed E-state index contributed by atoms with van der Waals surface area (Å²) in [7, 11) is 0. The molecule has 1 nitrogen and oxygen atoms in total. The van der Waals surface area contributed by atoms with E-state index in [4.69, 9.17) is 5.73 Å². The molecule has 2 saturated carbocycles. The van der Waals surface area contributed by atoms with E-state index in [-0.39, 0.29) is 0 Å². The maximum atomic E-state index is 6.34. The second-order valence-electron chi connectivity index (χ2n) is 5.19. The molecule has 12 heavy (non-hydrogen) atoms. The maximum Gasteiger partial charge on any atom is 0.0218 e. The molecule has 0 spiro atoms. The van der Waals surface area contributed by atoms with E-state index in [0.717, 1.165) is 17.8 Å². The standard InChI is InChI=1S/C11H21N/c1-8(2)6-7-11(12)9-4-3-5-10(9)11/h8-10H,3-7,12H2,1-2H3. The van der Waals surface area contributed by atoms with Gasteiger partial charge >= 0.3 is 0 Å². The molecule has 0 aromatic carbocycles. The van der Waals surface area contributed by atoms with Gasteiger partial charge in [0, 0.05) is 5.54 Å². The lowest BCUT2D eigenvalue weighted by Gasteiger charge is -2.16. The minimum Gasteiger partial charge on any atom is -0.325 e. The van der Waals surface area contributed by atoms with Gasteiger partial charge in [0.1, 0.15) is 0 Å². The smallest absolute Gasteiger partial charge is 0.0218 e. The molecule has 0 saturated heterocycles. The number of hydrogen-bond acceptors (Lipinski definition) is 1. The van der Waals surface area contributed by atoms with Crippen LogP contribution in [0.3, 0.4) is 0 Å². The predicted molar refractivity (Wildman–Crippen MR) is 51.8 cm³/mol. The zero-order chi connectivity index (χ0) is 8.77. The van der Waals surface area contributed by atoms with Crippen LogP contribution in [0.2, 0.25) is 0 Å². The molecule has 2 N–H and O–H groups in total. The molecule has 0 aliphatic heterocycles. The largest absolute Gasteiger partial charge is 0.325 e. The van der Waals surface area contributed by atoms with Gasteiger partial charge in [-0.1, -0.05) is 20.3 Å². The number of fused-ring (bicyclic) bond motifs is 1. The first-order chi connectivity index (χ1) is 5.64. The number of rotatable bonds is 3. The quantitative estimate of drug-likeness (QED) is 0.687. The van der Waals surface area contributed by atoms with E-state index in [1.165, 1.54) is 32.1 Å². The SMILES string of the molecule is CC(C)CCC1(N)C2CCCC21. The molecule has 0 bridgehead atoms. The minimum atomic E-state index is 0.294. The van der Waals surface area contributed by atoms with Crippen molar-refractivity contribution in [3.63, 3.8) is 0 Å². The zero-order valence-electron chi connectivity index (χ0n) is 8.34. The number of nitrogens with two attached hydrogens (primary N) is 1. The maximum absolute atomic E-state index is 6.34. The van der Waals surface area contributed by atoms with Crippen LogP contribution in [0.5, 0.6) is 0 Å². The van der Waals surface area contributed by atoms with E-state index in [1.807, 2.05) is 0 Å². The molecular formula is C11H21N. The van der Waals surface area contributed by atoms with Crippen molar-refractivity contribution in [3.05, 3.63) is 0 Å². The van der Waals surface area contributed by atoms with Crippen LogP contribution in [-0.2, 0) is 0 Å². The molecule has 2 rings (SSSR count). The molecule has 0 aromatic rings. The first-order valence-electron chi connectivity index (χ1n) is 5.43. The lowest BCUT2D eigenvalue weighted by Crippen LogP contribution is -2.28. The lowest BCUT2D eigenvalue weighted by molar-refractivity contribution is 0.419. The highest BCUT2D eigenvalue weighted by molar-refractivity contribution is 5.18. The Hall–Kier alpha value is -0.0400. The fraction of sp³-hybridized carbons (Fsp3) is 1.00. The zero-order valence-corrected chi connectivity index (χ0v) is 8.34. The molecule has 2 unspecified atom stereocenters. The summed E-state index contributed by atoms with van der Waals surface area (Å²) in [6, 6.07) is 0. The van der Waals surface area contributed by atoms with E-state index in [2.05, 4.69) is 13.8 Å². The Bertz CT molecular complexity index is 164. The predicted octanol–water partition coefficient (Wildman–Crippen LogP) is 2.55. The molecule has 1 heteroatoms. The van der Waals surface area contributed by atoms with Crippen LogP contribution in [0.4, 0.5) is 0 Å². The van der Waals surface area contributed by atoms with Crippen molar-refractivity contribution in [2.24, 2.45) is 23.5 Å². The van der Waals surface area contributed by atoms with Crippen molar-refractivity contribution >= 4 is 0 Å². The van der Waals surface area contributed by atoms with Crippen molar-refractivity contribution in [2.75, 3.05) is 0 Å². The molecular weight excluding hydrogens is 146 g/mol. The monoisotopic (exact) mass is 167 g/mol. The third-order valence-electron chi connectivity index (χ3n) is 3.94. The highest BCUT2D eigenvalue weighted by Gasteiger charge is 2.62. The van der Waals surface area contributed by atoms with E-state index >= 15 is 0 Å². The Labute approximate surface area is 75.7 Å². The third-order valence-corrected chi connectivity index (χ3v) is 3.94. The van der Waals surface area contributed by atoms with Crippen molar-refractivity contribution < 1.29 is 0 Å². The van der Waals surface area contributed by atoms with Gasteiger partial charge in [-0.3, -0.25) is 0 Å². The topological polar surface area (TPSA) is 26.0 Å². The normalized spacial score (nSPS) is 45.0. The highest BCUT2D eigenvalue weighted by Crippen LogP contribution is 2.61. The Morgan fingerprint density at radius 3 is 2.42 bits per heavy atom. The summed E-state index contributed by atoms with van der Waals surface area (Å²) in [6.45, 7) is 4.59. The molecule has 0 aromatic heterocycles. The molecule has 0 amide bonds. The van der Waals surface area contributed by atoms with Gasteiger partial charge in [0.05, 0.1) is 0 Å². The summed E-state index contributed by atoms with van der Waals surface area (Å²) in [5.74, 6) is 2.65. The number of hydrogen-bond donors (Lipinski definition) is 1. The van der Waals surface area contributed by atoms with E-state index in [0.29, 0.717) is 5.54 Å². The summed E-state index contributed by atoms with van der Waals surface area (Å²) < 4.78 is 0. The van der Waals surface area contributed by atoms with Crippen molar-refractivity contribution in [2.45, 2.75) is 51.5 Å². The van der Waals surface area contributed by atoms with Gasteiger partial charge in [0.25, 0.3) is 0 Å². The average molecular weight is 167 g/mol. The average Bonchev–Trinajstić information content (AvgIpc) is 2.51.